The Morgan fingerprint density at radius 3 is 2.74 bits per heavy atom. The summed E-state index contributed by atoms with van der Waals surface area (Å²) in [5, 5.41) is 2.63. The zero-order valence-electron chi connectivity index (χ0n) is 11.0. The number of hydrogen-bond donors (Lipinski definition) is 2. The molecule has 5 nitrogen and oxygen atoms in total. The molecule has 0 fully saturated rings. The number of nitrogens with one attached hydrogen (secondary N) is 1. The van der Waals surface area contributed by atoms with E-state index in [9.17, 15) is 9.59 Å². The molecule has 19 heavy (non-hydrogen) atoms. The van der Waals surface area contributed by atoms with E-state index in [1.165, 1.54) is 0 Å². The highest BCUT2D eigenvalue weighted by atomic mass is 79.9. The second-order valence-corrected chi connectivity index (χ2v) is 5.01. The van der Waals surface area contributed by atoms with Crippen LogP contribution in [0.5, 0.6) is 0 Å². The number of nitrogen functional groups attached to an aromatic ring is 1. The van der Waals surface area contributed by atoms with E-state index in [1.54, 1.807) is 19.1 Å². The molecule has 0 saturated carbocycles. The van der Waals surface area contributed by atoms with Gasteiger partial charge in [0.25, 0.3) is 5.91 Å². The van der Waals surface area contributed by atoms with Crippen molar-refractivity contribution >= 4 is 33.5 Å². The molecule has 3 N–H and O–H groups in total. The monoisotopic (exact) mass is 328 g/mol. The SMILES string of the molecule is CCCNC(=O)COC(=O)c1cc(Br)cc(N)c1C. The van der Waals surface area contributed by atoms with Crippen molar-refractivity contribution < 1.29 is 14.3 Å². The summed E-state index contributed by atoms with van der Waals surface area (Å²) in [4.78, 5) is 23.2. The molecule has 0 aliphatic rings. The Hall–Kier alpha value is -1.56. The second-order valence-electron chi connectivity index (χ2n) is 4.09. The first kappa shape index (κ1) is 15.5. The molecule has 0 spiro atoms. The van der Waals surface area contributed by atoms with Crippen molar-refractivity contribution in [3.8, 4) is 0 Å². The van der Waals surface area contributed by atoms with Crippen LogP contribution in [0.25, 0.3) is 0 Å². The van der Waals surface area contributed by atoms with E-state index in [4.69, 9.17) is 10.5 Å². The molecule has 0 bridgehead atoms. The maximum atomic E-state index is 11.9. The number of esters is 1. The van der Waals surface area contributed by atoms with Gasteiger partial charge in [-0.15, -0.1) is 0 Å². The molecule has 1 aromatic carbocycles. The number of carbonyl (C=O) groups excluding carboxylic acids is 2. The third-order valence-corrected chi connectivity index (χ3v) is 3.00. The Bertz CT molecular complexity index is 489. The van der Waals surface area contributed by atoms with E-state index in [2.05, 4.69) is 21.2 Å². The number of nitrogens with two attached hydrogens (primary N) is 1. The van der Waals surface area contributed by atoms with Gasteiger partial charge >= 0.3 is 5.97 Å². The van der Waals surface area contributed by atoms with Crippen molar-refractivity contribution in [1.29, 1.82) is 0 Å². The first-order valence-corrected chi connectivity index (χ1v) is 6.74. The van der Waals surface area contributed by atoms with E-state index in [-0.39, 0.29) is 12.5 Å². The average Bonchev–Trinajstić information content (AvgIpc) is 2.37. The third-order valence-electron chi connectivity index (χ3n) is 2.54. The molecule has 1 amide bonds. The number of hydrogen-bond acceptors (Lipinski definition) is 4. The zero-order chi connectivity index (χ0) is 14.4. The molecule has 1 aromatic rings. The van der Waals surface area contributed by atoms with Gasteiger partial charge in [0.1, 0.15) is 0 Å². The predicted octanol–water partition coefficient (Wildman–Crippen LogP) is 2.02. The summed E-state index contributed by atoms with van der Waals surface area (Å²) in [6.07, 6.45) is 0.834. The van der Waals surface area contributed by atoms with Gasteiger partial charge in [0.05, 0.1) is 5.56 Å². The maximum absolute atomic E-state index is 11.9. The van der Waals surface area contributed by atoms with E-state index in [0.717, 1.165) is 6.42 Å². The normalized spacial score (nSPS) is 10.1. The molecule has 0 radical (unpaired) electrons. The van der Waals surface area contributed by atoms with Crippen LogP contribution in [0.4, 0.5) is 5.69 Å². The van der Waals surface area contributed by atoms with E-state index in [1.807, 2.05) is 6.92 Å². The van der Waals surface area contributed by atoms with Crippen molar-refractivity contribution in [1.82, 2.24) is 5.32 Å². The Labute approximate surface area is 120 Å². The van der Waals surface area contributed by atoms with Gasteiger partial charge in [-0.2, -0.15) is 0 Å². The molecule has 104 valence electrons. The molecular weight excluding hydrogens is 312 g/mol. The molecular formula is C13H17BrN2O3. The smallest absolute Gasteiger partial charge is 0.339 e. The van der Waals surface area contributed by atoms with Gasteiger partial charge in [0, 0.05) is 16.7 Å². The minimum atomic E-state index is -0.558. The zero-order valence-corrected chi connectivity index (χ0v) is 12.5. The Morgan fingerprint density at radius 2 is 2.11 bits per heavy atom. The minimum absolute atomic E-state index is 0.287. The molecule has 1 rings (SSSR count). The average molecular weight is 329 g/mol. The van der Waals surface area contributed by atoms with Gasteiger partial charge < -0.3 is 15.8 Å². The standard InChI is InChI=1S/C13H17BrN2O3/c1-3-4-16-12(17)7-19-13(18)10-5-9(14)6-11(15)8(10)2/h5-6H,3-4,7,15H2,1-2H3,(H,16,17). The third kappa shape index (κ3) is 4.55. The van der Waals surface area contributed by atoms with Crippen LogP contribution in [0.1, 0.15) is 29.3 Å². The predicted molar refractivity (Wildman–Crippen MR) is 76.9 cm³/mol. The number of ether oxygens (including phenoxy) is 1. The van der Waals surface area contributed by atoms with Crippen LogP contribution < -0.4 is 11.1 Å². The largest absolute Gasteiger partial charge is 0.452 e. The Balaban J connectivity index is 2.66. The van der Waals surface area contributed by atoms with E-state index >= 15 is 0 Å². The van der Waals surface area contributed by atoms with Crippen molar-refractivity contribution in [3.63, 3.8) is 0 Å². The number of anilines is 1. The molecule has 0 aromatic heterocycles. The topological polar surface area (TPSA) is 81.4 Å². The summed E-state index contributed by atoms with van der Waals surface area (Å²) >= 11 is 3.26. The second kappa shape index (κ2) is 7.13. The molecule has 6 heteroatoms. The maximum Gasteiger partial charge on any atom is 0.339 e. The van der Waals surface area contributed by atoms with Crippen LogP contribution in [-0.2, 0) is 9.53 Å². The van der Waals surface area contributed by atoms with Gasteiger partial charge in [-0.1, -0.05) is 22.9 Å². The summed E-state index contributed by atoms with van der Waals surface area (Å²) in [5.74, 6) is -0.868. The van der Waals surface area contributed by atoms with Crippen molar-refractivity contribution in [2.45, 2.75) is 20.3 Å². The number of rotatable bonds is 5. The lowest BCUT2D eigenvalue weighted by Crippen LogP contribution is -2.29. The highest BCUT2D eigenvalue weighted by Gasteiger charge is 2.15. The first-order valence-electron chi connectivity index (χ1n) is 5.95. The first-order chi connectivity index (χ1) is 8.95. The van der Waals surface area contributed by atoms with Crippen LogP contribution in [0.15, 0.2) is 16.6 Å². The van der Waals surface area contributed by atoms with Crippen LogP contribution in [0, 0.1) is 6.92 Å². The fraction of sp³-hybridized carbons (Fsp3) is 0.385. The van der Waals surface area contributed by atoms with Crippen LogP contribution in [0.3, 0.4) is 0 Å². The molecule has 0 saturated heterocycles. The molecule has 0 aliphatic heterocycles. The molecule has 0 aliphatic carbocycles. The lowest BCUT2D eigenvalue weighted by atomic mass is 10.1. The van der Waals surface area contributed by atoms with Crippen LogP contribution in [-0.4, -0.2) is 25.0 Å². The Kier molecular flexibility index (Phi) is 5.82. The van der Waals surface area contributed by atoms with Crippen molar-refractivity contribution in [2.75, 3.05) is 18.9 Å². The van der Waals surface area contributed by atoms with Crippen LogP contribution >= 0.6 is 15.9 Å². The van der Waals surface area contributed by atoms with Gasteiger partial charge in [0.15, 0.2) is 6.61 Å². The Morgan fingerprint density at radius 1 is 1.42 bits per heavy atom. The van der Waals surface area contributed by atoms with Gasteiger partial charge in [0.2, 0.25) is 0 Å². The lowest BCUT2D eigenvalue weighted by molar-refractivity contribution is -0.124. The summed E-state index contributed by atoms with van der Waals surface area (Å²) in [5.41, 5.74) is 7.26. The summed E-state index contributed by atoms with van der Waals surface area (Å²) in [7, 11) is 0. The summed E-state index contributed by atoms with van der Waals surface area (Å²) in [6.45, 7) is 3.96. The minimum Gasteiger partial charge on any atom is -0.452 e. The highest BCUT2D eigenvalue weighted by molar-refractivity contribution is 9.10. The van der Waals surface area contributed by atoms with Crippen molar-refractivity contribution in [2.24, 2.45) is 0 Å². The summed E-state index contributed by atoms with van der Waals surface area (Å²) < 4.78 is 5.64. The fourth-order valence-electron chi connectivity index (χ4n) is 1.44. The number of amides is 1. The molecule has 0 unspecified atom stereocenters. The van der Waals surface area contributed by atoms with Gasteiger partial charge in [-0.3, -0.25) is 4.79 Å². The number of carbonyl (C=O) groups is 2. The van der Waals surface area contributed by atoms with E-state index in [0.29, 0.717) is 27.8 Å². The van der Waals surface area contributed by atoms with Crippen molar-refractivity contribution in [3.05, 3.63) is 27.7 Å². The lowest BCUT2D eigenvalue weighted by Gasteiger charge is -2.09. The summed E-state index contributed by atoms with van der Waals surface area (Å²) in [6, 6.07) is 3.33. The molecule has 0 heterocycles. The fourth-order valence-corrected chi connectivity index (χ4v) is 1.91. The number of halogens is 1. The molecule has 0 atom stereocenters. The quantitative estimate of drug-likeness (QED) is 0.640. The highest BCUT2D eigenvalue weighted by Crippen LogP contribution is 2.23. The van der Waals surface area contributed by atoms with Crippen LogP contribution in [0.2, 0.25) is 0 Å². The van der Waals surface area contributed by atoms with E-state index < -0.39 is 5.97 Å². The van der Waals surface area contributed by atoms with Gasteiger partial charge in [-0.05, 0) is 31.0 Å². The van der Waals surface area contributed by atoms with Gasteiger partial charge in [-0.25, -0.2) is 4.79 Å². The number of benzene rings is 1.